The normalized spacial score (nSPS) is 11.7. The van der Waals surface area contributed by atoms with Crippen LogP contribution in [-0.2, 0) is 28.7 Å². The maximum atomic E-state index is 13.4. The fraction of sp³-hybridized carbons (Fsp3) is 0.200. The number of benzene rings is 3. The van der Waals surface area contributed by atoms with E-state index in [1.165, 1.54) is 44.6 Å². The molecular weight excluding hydrogens is 653 g/mol. The number of nitrogens with one attached hydrogen (secondary N) is 1. The number of methoxy groups -OCH3 is 2. The molecule has 16 heteroatoms. The first kappa shape index (κ1) is 35.1. The lowest BCUT2D eigenvalue weighted by Crippen LogP contribution is -2.48. The van der Waals surface area contributed by atoms with Crippen LogP contribution in [0, 0.1) is 0 Å². The molecule has 0 fully saturated rings. The number of carbonyl (C=O) groups excluding carboxylic acids is 5. The van der Waals surface area contributed by atoms with Gasteiger partial charge in [0.2, 0.25) is 12.2 Å². The van der Waals surface area contributed by atoms with Crippen LogP contribution < -0.4 is 24.3 Å². The van der Waals surface area contributed by atoms with Gasteiger partial charge in [0.1, 0.15) is 0 Å². The highest BCUT2D eigenvalue weighted by Crippen LogP contribution is 2.31. The van der Waals surface area contributed by atoms with Crippen LogP contribution in [0.3, 0.4) is 0 Å². The predicted molar refractivity (Wildman–Crippen MR) is 160 cm³/mol. The van der Waals surface area contributed by atoms with Gasteiger partial charge in [-0.15, -0.1) is 0 Å². The number of esters is 4. The predicted octanol–water partition coefficient (Wildman–Crippen LogP) is 4.34. The van der Waals surface area contributed by atoms with Crippen LogP contribution in [-0.4, -0.2) is 67.3 Å². The van der Waals surface area contributed by atoms with E-state index in [2.05, 4.69) is 5.32 Å². The summed E-state index contributed by atoms with van der Waals surface area (Å²) < 4.78 is 30.7. The zero-order valence-corrected chi connectivity index (χ0v) is 26.0. The Bertz CT molecular complexity index is 1690. The van der Waals surface area contributed by atoms with Crippen molar-refractivity contribution in [3.05, 3.63) is 75.8 Å². The summed E-state index contributed by atoms with van der Waals surface area (Å²) in [4.78, 5) is 74.9. The van der Waals surface area contributed by atoms with Crippen LogP contribution in [0.1, 0.15) is 34.6 Å². The lowest BCUT2D eigenvalue weighted by Gasteiger charge is -2.24. The molecule has 14 nitrogen and oxygen atoms in total. The molecule has 2 N–H and O–H groups in total. The number of halogens is 2. The fourth-order valence-corrected chi connectivity index (χ4v) is 4.18. The number of anilines is 1. The summed E-state index contributed by atoms with van der Waals surface area (Å²) >= 11 is 12.0. The number of aliphatic carboxylic acids is 1. The van der Waals surface area contributed by atoms with E-state index in [1.807, 2.05) is 0 Å². The van der Waals surface area contributed by atoms with E-state index < -0.39 is 48.0 Å². The lowest BCUT2D eigenvalue weighted by atomic mass is 10.1. The molecule has 0 bridgehead atoms. The Morgan fingerprint density at radius 3 is 1.57 bits per heavy atom. The Balaban J connectivity index is 1.99. The highest BCUT2D eigenvalue weighted by atomic mass is 35.5. The van der Waals surface area contributed by atoms with E-state index in [0.29, 0.717) is 0 Å². The van der Waals surface area contributed by atoms with Crippen molar-refractivity contribution < 1.29 is 62.3 Å². The van der Waals surface area contributed by atoms with Crippen LogP contribution in [0.2, 0.25) is 10.0 Å². The summed E-state index contributed by atoms with van der Waals surface area (Å²) in [5, 5.41) is 12.5. The molecule has 242 valence electrons. The van der Waals surface area contributed by atoms with Gasteiger partial charge < -0.3 is 38.8 Å². The molecule has 0 heterocycles. The van der Waals surface area contributed by atoms with Crippen molar-refractivity contribution in [2.75, 3.05) is 19.5 Å². The molecular formula is C30H25Cl2NO13. The first-order chi connectivity index (χ1) is 21.7. The number of amides is 1. The van der Waals surface area contributed by atoms with E-state index in [1.54, 1.807) is 0 Å². The van der Waals surface area contributed by atoms with Crippen LogP contribution in [0.15, 0.2) is 54.6 Å². The zero-order valence-electron chi connectivity index (χ0n) is 24.5. The van der Waals surface area contributed by atoms with Gasteiger partial charge in [0.15, 0.2) is 23.0 Å². The maximum absolute atomic E-state index is 13.4. The smallest absolute Gasteiger partial charge is 0.349 e. The molecule has 3 rings (SSSR count). The van der Waals surface area contributed by atoms with Gasteiger partial charge in [0.25, 0.3) is 5.91 Å². The average molecular weight is 678 g/mol. The molecule has 2 atom stereocenters. The van der Waals surface area contributed by atoms with Crippen molar-refractivity contribution in [1.82, 2.24) is 0 Å². The zero-order chi connectivity index (χ0) is 34.1. The van der Waals surface area contributed by atoms with Crippen LogP contribution in [0.25, 0.3) is 0 Å². The molecule has 0 spiro atoms. The first-order valence-electron chi connectivity index (χ1n) is 12.9. The Morgan fingerprint density at radius 1 is 0.674 bits per heavy atom. The van der Waals surface area contributed by atoms with Gasteiger partial charge in [-0.2, -0.15) is 0 Å². The Kier molecular flexibility index (Phi) is 11.9. The summed E-state index contributed by atoms with van der Waals surface area (Å²) in [7, 11) is 2.46. The van der Waals surface area contributed by atoms with Gasteiger partial charge in [0.05, 0.1) is 36.1 Å². The van der Waals surface area contributed by atoms with Gasteiger partial charge in [-0.25, -0.2) is 14.4 Å². The number of hydrogen-bond acceptors (Lipinski definition) is 12. The number of carboxylic acids is 1. The third-order valence-electron chi connectivity index (χ3n) is 5.74. The highest BCUT2D eigenvalue weighted by Gasteiger charge is 2.41. The van der Waals surface area contributed by atoms with Gasteiger partial charge in [-0.3, -0.25) is 14.4 Å². The number of ether oxygens (including phenoxy) is 6. The van der Waals surface area contributed by atoms with Crippen molar-refractivity contribution in [2.24, 2.45) is 0 Å². The van der Waals surface area contributed by atoms with Crippen molar-refractivity contribution in [3.8, 4) is 23.0 Å². The first-order valence-corrected chi connectivity index (χ1v) is 13.6. The topological polar surface area (TPSA) is 190 Å². The molecule has 0 saturated heterocycles. The summed E-state index contributed by atoms with van der Waals surface area (Å²) in [5.41, 5.74) is -0.557. The standard InChI is InChI=1S/C30H25Cl2NO13/c1-14(34)43-21-9-5-16(11-23(21)41-3)29(39)45-25(27(36)33-20-8-7-18(31)13-19(20)32)26(28(37)38)46-30(40)17-6-10-22(44-15(2)35)24(12-17)42-4/h5-13,25-26H,1-4H3,(H,33,36)(H,37,38)/t25-,26+/m1/s1. The third-order valence-corrected chi connectivity index (χ3v) is 6.29. The van der Waals surface area contributed by atoms with Crippen molar-refractivity contribution in [3.63, 3.8) is 0 Å². The molecule has 3 aromatic carbocycles. The second-order valence-corrected chi connectivity index (χ2v) is 9.87. The van der Waals surface area contributed by atoms with E-state index in [9.17, 15) is 33.9 Å². The fourth-order valence-electron chi connectivity index (χ4n) is 3.72. The number of carbonyl (C=O) groups is 6. The highest BCUT2D eigenvalue weighted by molar-refractivity contribution is 6.36. The molecule has 0 aliphatic rings. The van der Waals surface area contributed by atoms with E-state index in [4.69, 9.17) is 51.6 Å². The Labute approximate surface area is 271 Å². The van der Waals surface area contributed by atoms with E-state index >= 15 is 0 Å². The molecule has 0 radical (unpaired) electrons. The SMILES string of the molecule is COc1cc(C(=O)O[C@H](C(=O)O)[C@@H](OC(=O)c2ccc(OC(C)=O)c(OC)c2)C(=O)Nc2ccc(Cl)cc2Cl)ccc1OC(C)=O. The van der Waals surface area contributed by atoms with E-state index in [0.717, 1.165) is 38.1 Å². The number of rotatable bonds is 12. The van der Waals surface area contributed by atoms with Crippen LogP contribution in [0.5, 0.6) is 23.0 Å². The van der Waals surface area contributed by atoms with Crippen LogP contribution in [0.4, 0.5) is 5.69 Å². The van der Waals surface area contributed by atoms with Gasteiger partial charge in [0, 0.05) is 18.9 Å². The van der Waals surface area contributed by atoms with E-state index in [-0.39, 0.29) is 49.9 Å². The quantitative estimate of drug-likeness (QED) is 0.204. The Morgan fingerprint density at radius 2 is 1.15 bits per heavy atom. The molecule has 46 heavy (non-hydrogen) atoms. The van der Waals surface area contributed by atoms with Crippen molar-refractivity contribution in [2.45, 2.75) is 26.1 Å². The van der Waals surface area contributed by atoms with Gasteiger partial charge in [-0.05, 0) is 54.6 Å². The largest absolute Gasteiger partial charge is 0.493 e. The molecule has 0 aliphatic carbocycles. The minimum absolute atomic E-state index is 0.0363. The molecule has 0 aromatic heterocycles. The minimum atomic E-state index is -2.41. The molecule has 1 amide bonds. The minimum Gasteiger partial charge on any atom is -0.493 e. The molecule has 3 aromatic rings. The molecule has 0 unspecified atom stereocenters. The number of hydrogen-bond donors (Lipinski definition) is 2. The van der Waals surface area contributed by atoms with Crippen LogP contribution >= 0.6 is 23.2 Å². The third kappa shape index (κ3) is 9.09. The summed E-state index contributed by atoms with van der Waals surface area (Å²) in [6.07, 6.45) is -4.72. The lowest BCUT2D eigenvalue weighted by molar-refractivity contribution is -0.157. The average Bonchev–Trinajstić information content (AvgIpc) is 2.99. The molecule has 0 saturated carbocycles. The molecule has 0 aliphatic heterocycles. The van der Waals surface area contributed by atoms with Crippen molar-refractivity contribution in [1.29, 1.82) is 0 Å². The van der Waals surface area contributed by atoms with Gasteiger partial charge >= 0.3 is 29.8 Å². The monoisotopic (exact) mass is 677 g/mol. The summed E-state index contributed by atoms with van der Waals surface area (Å²) in [6, 6.07) is 10.9. The maximum Gasteiger partial charge on any atom is 0.349 e. The Hall–Kier alpha value is -5.34. The van der Waals surface area contributed by atoms with Gasteiger partial charge in [-0.1, -0.05) is 23.2 Å². The number of carboxylic acid groups (broad SMARTS) is 1. The summed E-state index contributed by atoms with van der Waals surface area (Å²) in [6.45, 7) is 2.29. The summed E-state index contributed by atoms with van der Waals surface area (Å²) in [5.74, 6) is -7.18. The second kappa shape index (κ2) is 15.6. The second-order valence-electron chi connectivity index (χ2n) is 9.02. The van der Waals surface area contributed by atoms with Crippen molar-refractivity contribution >= 4 is 64.6 Å².